The van der Waals surface area contributed by atoms with Crippen molar-refractivity contribution in [1.82, 2.24) is 19.8 Å². The molecule has 3 aromatic rings. The minimum absolute atomic E-state index is 0.130. The molecule has 0 saturated carbocycles. The van der Waals surface area contributed by atoms with Crippen molar-refractivity contribution in [2.24, 2.45) is 0 Å². The zero-order chi connectivity index (χ0) is 23.1. The van der Waals surface area contributed by atoms with Gasteiger partial charge < -0.3 is 15.1 Å². The lowest BCUT2D eigenvalue weighted by molar-refractivity contribution is 0.0781. The first kappa shape index (κ1) is 23.2. The topological polar surface area (TPSA) is 85.1 Å². The van der Waals surface area contributed by atoms with Gasteiger partial charge in [-0.05, 0) is 63.8 Å². The number of aromatic nitrogens is 2. The number of amides is 1. The van der Waals surface area contributed by atoms with Crippen molar-refractivity contribution in [2.45, 2.75) is 25.8 Å². The fourth-order valence-corrected chi connectivity index (χ4v) is 3.45. The molecule has 0 saturated heterocycles. The molecule has 0 spiro atoms. The minimum Gasteiger partial charge on any atom is -0.369 e. The molecule has 0 radical (unpaired) electrons. The standard InChI is InChI=1S/C25H30N6O/c1-18(16-26)19-9-7-10-20(15-19)25(32)31(4)17-23-28-22-12-6-5-11-21(22)24(29-23)27-13-8-14-30(2)3/h5-7,9-12,15,18H,8,13-14,17H2,1-4H3,(H,27,28,29). The van der Waals surface area contributed by atoms with E-state index in [2.05, 4.69) is 35.4 Å². The van der Waals surface area contributed by atoms with Crippen LogP contribution in [0.3, 0.4) is 0 Å². The van der Waals surface area contributed by atoms with Crippen LogP contribution in [0.2, 0.25) is 0 Å². The van der Waals surface area contributed by atoms with Gasteiger partial charge in [0.05, 0.1) is 24.0 Å². The lowest BCUT2D eigenvalue weighted by Gasteiger charge is -2.18. The second kappa shape index (κ2) is 10.7. The molecule has 0 aliphatic rings. The van der Waals surface area contributed by atoms with E-state index in [1.165, 1.54) is 0 Å². The van der Waals surface area contributed by atoms with Gasteiger partial charge in [0, 0.05) is 24.5 Å². The Kier molecular flexibility index (Phi) is 7.74. The predicted molar refractivity (Wildman–Crippen MR) is 127 cm³/mol. The molecular formula is C25H30N6O. The van der Waals surface area contributed by atoms with Crippen molar-refractivity contribution in [1.29, 1.82) is 5.26 Å². The second-order valence-corrected chi connectivity index (χ2v) is 8.23. The van der Waals surface area contributed by atoms with E-state index in [9.17, 15) is 4.79 Å². The summed E-state index contributed by atoms with van der Waals surface area (Å²) < 4.78 is 0. The van der Waals surface area contributed by atoms with Crippen LogP contribution in [0.4, 0.5) is 5.82 Å². The quantitative estimate of drug-likeness (QED) is 0.519. The van der Waals surface area contributed by atoms with Crippen molar-refractivity contribution in [3.8, 4) is 6.07 Å². The van der Waals surface area contributed by atoms with Gasteiger partial charge in [0.1, 0.15) is 5.82 Å². The number of hydrogen-bond donors (Lipinski definition) is 1. The maximum Gasteiger partial charge on any atom is 0.254 e. The molecule has 0 bridgehead atoms. The zero-order valence-corrected chi connectivity index (χ0v) is 19.2. The van der Waals surface area contributed by atoms with E-state index in [0.29, 0.717) is 11.4 Å². The Labute approximate surface area is 189 Å². The molecule has 0 aliphatic heterocycles. The molecule has 166 valence electrons. The molecule has 3 rings (SSSR count). The van der Waals surface area contributed by atoms with Crippen molar-refractivity contribution in [3.05, 3.63) is 65.5 Å². The highest BCUT2D eigenvalue weighted by Crippen LogP contribution is 2.21. The van der Waals surface area contributed by atoms with Gasteiger partial charge in [-0.1, -0.05) is 24.3 Å². The van der Waals surface area contributed by atoms with Crippen molar-refractivity contribution >= 4 is 22.6 Å². The predicted octanol–water partition coefficient (Wildman–Crippen LogP) is 3.89. The van der Waals surface area contributed by atoms with E-state index in [-0.39, 0.29) is 18.4 Å². The van der Waals surface area contributed by atoms with Gasteiger partial charge in [-0.15, -0.1) is 0 Å². The third kappa shape index (κ3) is 5.80. The van der Waals surface area contributed by atoms with Crippen LogP contribution >= 0.6 is 0 Å². The van der Waals surface area contributed by atoms with Crippen molar-refractivity contribution < 1.29 is 4.79 Å². The molecule has 32 heavy (non-hydrogen) atoms. The van der Waals surface area contributed by atoms with Crippen LogP contribution in [0.1, 0.15) is 41.0 Å². The summed E-state index contributed by atoms with van der Waals surface area (Å²) in [5.74, 6) is 0.971. The maximum atomic E-state index is 13.0. The van der Waals surface area contributed by atoms with Gasteiger partial charge >= 0.3 is 0 Å². The SMILES string of the molecule is CC(C#N)c1cccc(C(=O)N(C)Cc2nc(NCCCN(C)C)c3ccccc3n2)c1. The van der Waals surface area contributed by atoms with Gasteiger partial charge in [-0.25, -0.2) is 9.97 Å². The van der Waals surface area contributed by atoms with Gasteiger partial charge in [-0.2, -0.15) is 5.26 Å². The number of nitrogens with one attached hydrogen (secondary N) is 1. The Morgan fingerprint density at radius 3 is 2.66 bits per heavy atom. The molecule has 7 nitrogen and oxygen atoms in total. The molecule has 0 aliphatic carbocycles. The summed E-state index contributed by atoms with van der Waals surface area (Å²) in [5.41, 5.74) is 2.23. The summed E-state index contributed by atoms with van der Waals surface area (Å²) in [4.78, 5) is 26.2. The Morgan fingerprint density at radius 1 is 1.12 bits per heavy atom. The number of hydrogen-bond acceptors (Lipinski definition) is 6. The van der Waals surface area contributed by atoms with Crippen LogP contribution in [-0.4, -0.2) is 59.9 Å². The first-order chi connectivity index (χ1) is 15.4. The van der Waals surface area contributed by atoms with Crippen LogP contribution < -0.4 is 5.32 Å². The molecule has 7 heteroatoms. The lowest BCUT2D eigenvalue weighted by Crippen LogP contribution is -2.27. The number of benzene rings is 2. The molecular weight excluding hydrogens is 400 g/mol. The summed E-state index contributed by atoms with van der Waals surface area (Å²) in [6.07, 6.45) is 0.997. The van der Waals surface area contributed by atoms with E-state index < -0.39 is 0 Å². The van der Waals surface area contributed by atoms with E-state index in [4.69, 9.17) is 10.2 Å². The number of carbonyl (C=O) groups excluding carboxylic acids is 1. The van der Waals surface area contributed by atoms with Gasteiger partial charge in [0.2, 0.25) is 0 Å². The average molecular weight is 431 g/mol. The van der Waals surface area contributed by atoms with E-state index >= 15 is 0 Å². The Bertz CT molecular complexity index is 1120. The van der Waals surface area contributed by atoms with Gasteiger partial charge in [0.25, 0.3) is 5.91 Å². The highest BCUT2D eigenvalue weighted by atomic mass is 16.2. The Hall–Kier alpha value is -3.50. The molecule has 2 aromatic carbocycles. The number of para-hydroxylation sites is 1. The maximum absolute atomic E-state index is 13.0. The summed E-state index contributed by atoms with van der Waals surface area (Å²) in [6.45, 7) is 3.90. The summed E-state index contributed by atoms with van der Waals surface area (Å²) in [5, 5.41) is 13.6. The van der Waals surface area contributed by atoms with Crippen LogP contribution in [0.5, 0.6) is 0 Å². The lowest BCUT2D eigenvalue weighted by atomic mass is 10.00. The summed E-state index contributed by atoms with van der Waals surface area (Å²) in [6, 6.07) is 17.3. The molecule has 1 N–H and O–H groups in total. The third-order valence-corrected chi connectivity index (χ3v) is 5.28. The molecule has 1 heterocycles. The number of carbonyl (C=O) groups is 1. The van der Waals surface area contributed by atoms with Crippen LogP contribution in [0.15, 0.2) is 48.5 Å². The third-order valence-electron chi connectivity index (χ3n) is 5.28. The Balaban J connectivity index is 1.79. The van der Waals surface area contributed by atoms with Gasteiger partial charge in [0.15, 0.2) is 5.82 Å². The normalized spacial score (nSPS) is 11.9. The highest BCUT2D eigenvalue weighted by Gasteiger charge is 2.16. The first-order valence-corrected chi connectivity index (χ1v) is 10.8. The monoisotopic (exact) mass is 430 g/mol. The van der Waals surface area contributed by atoms with E-state index in [0.717, 1.165) is 41.8 Å². The van der Waals surface area contributed by atoms with Crippen molar-refractivity contribution in [2.75, 3.05) is 39.5 Å². The number of fused-ring (bicyclic) bond motifs is 1. The molecule has 1 unspecified atom stereocenters. The van der Waals surface area contributed by atoms with Crippen LogP contribution in [0, 0.1) is 11.3 Å². The summed E-state index contributed by atoms with van der Waals surface area (Å²) in [7, 11) is 5.86. The van der Waals surface area contributed by atoms with E-state index in [1.807, 2.05) is 43.3 Å². The smallest absolute Gasteiger partial charge is 0.254 e. The van der Waals surface area contributed by atoms with E-state index in [1.54, 1.807) is 24.1 Å². The largest absolute Gasteiger partial charge is 0.369 e. The second-order valence-electron chi connectivity index (χ2n) is 8.23. The zero-order valence-electron chi connectivity index (χ0n) is 19.2. The molecule has 1 amide bonds. The minimum atomic E-state index is -0.266. The summed E-state index contributed by atoms with van der Waals surface area (Å²) >= 11 is 0. The number of nitrogens with zero attached hydrogens (tertiary/aromatic N) is 5. The molecule has 0 fully saturated rings. The van der Waals surface area contributed by atoms with Crippen molar-refractivity contribution in [3.63, 3.8) is 0 Å². The fourth-order valence-electron chi connectivity index (χ4n) is 3.45. The number of anilines is 1. The molecule has 1 aromatic heterocycles. The fraction of sp³-hybridized carbons (Fsp3) is 0.360. The highest BCUT2D eigenvalue weighted by molar-refractivity contribution is 5.94. The Morgan fingerprint density at radius 2 is 1.91 bits per heavy atom. The van der Waals surface area contributed by atoms with Crippen LogP contribution in [-0.2, 0) is 6.54 Å². The van der Waals surface area contributed by atoms with Gasteiger partial charge in [-0.3, -0.25) is 4.79 Å². The van der Waals surface area contributed by atoms with Crippen LogP contribution in [0.25, 0.3) is 10.9 Å². The molecule has 1 atom stereocenters. The average Bonchev–Trinajstić information content (AvgIpc) is 2.80. The number of nitriles is 1. The first-order valence-electron chi connectivity index (χ1n) is 10.8. The number of rotatable bonds is 9.